The number of benzene rings is 1. The summed E-state index contributed by atoms with van der Waals surface area (Å²) in [6.45, 7) is 1.51. The standard InChI is InChI=1S/C12H16BrN3O3.ClH/c1-7(17)15-10-4-3-8(13)5-11(10)16-12(18)9(14)6-19-2;/h3-5,9H,6,14H2,1-2H3,(H,15,17)(H,16,18);1H. The smallest absolute Gasteiger partial charge is 0.243 e. The van der Waals surface area contributed by atoms with Crippen LogP contribution in [0.4, 0.5) is 11.4 Å². The second-order valence-corrected chi connectivity index (χ2v) is 4.84. The number of hydrogen-bond acceptors (Lipinski definition) is 4. The van der Waals surface area contributed by atoms with Crippen LogP contribution in [-0.2, 0) is 14.3 Å². The maximum absolute atomic E-state index is 11.8. The topological polar surface area (TPSA) is 93.4 Å². The van der Waals surface area contributed by atoms with Gasteiger partial charge in [0.25, 0.3) is 0 Å². The maximum Gasteiger partial charge on any atom is 0.243 e. The van der Waals surface area contributed by atoms with Gasteiger partial charge < -0.3 is 21.1 Å². The third-order valence-electron chi connectivity index (χ3n) is 2.23. The second-order valence-electron chi connectivity index (χ2n) is 3.92. The normalized spacial score (nSPS) is 11.2. The monoisotopic (exact) mass is 365 g/mol. The van der Waals surface area contributed by atoms with Crippen molar-refractivity contribution in [2.75, 3.05) is 24.4 Å². The van der Waals surface area contributed by atoms with Gasteiger partial charge in [-0.25, -0.2) is 0 Å². The average molecular weight is 367 g/mol. The Labute approximate surface area is 132 Å². The van der Waals surface area contributed by atoms with E-state index in [-0.39, 0.29) is 30.8 Å². The molecule has 0 aliphatic rings. The van der Waals surface area contributed by atoms with Crippen LogP contribution in [0.25, 0.3) is 0 Å². The minimum absolute atomic E-state index is 0. The molecule has 1 atom stereocenters. The molecule has 0 saturated heterocycles. The summed E-state index contributed by atoms with van der Waals surface area (Å²) in [5.41, 5.74) is 6.61. The van der Waals surface area contributed by atoms with E-state index >= 15 is 0 Å². The highest BCUT2D eigenvalue weighted by atomic mass is 79.9. The number of hydrogen-bond donors (Lipinski definition) is 3. The zero-order valence-corrected chi connectivity index (χ0v) is 13.5. The Morgan fingerprint density at radius 2 is 2.00 bits per heavy atom. The van der Waals surface area contributed by atoms with E-state index in [2.05, 4.69) is 26.6 Å². The van der Waals surface area contributed by atoms with Crippen molar-refractivity contribution in [2.45, 2.75) is 13.0 Å². The van der Waals surface area contributed by atoms with E-state index in [1.165, 1.54) is 14.0 Å². The predicted octanol–water partition coefficient (Wildman–Crippen LogP) is 1.74. The van der Waals surface area contributed by atoms with Crippen LogP contribution in [0.15, 0.2) is 22.7 Å². The van der Waals surface area contributed by atoms with Crippen molar-refractivity contribution in [3.8, 4) is 0 Å². The molecule has 6 nitrogen and oxygen atoms in total. The van der Waals surface area contributed by atoms with E-state index in [4.69, 9.17) is 10.5 Å². The van der Waals surface area contributed by atoms with Gasteiger partial charge in [0.05, 0.1) is 18.0 Å². The van der Waals surface area contributed by atoms with Crippen LogP contribution in [0.2, 0.25) is 0 Å². The largest absolute Gasteiger partial charge is 0.383 e. The van der Waals surface area contributed by atoms with Gasteiger partial charge in [-0.3, -0.25) is 9.59 Å². The summed E-state index contributed by atoms with van der Waals surface area (Å²) in [6, 6.07) is 4.36. The van der Waals surface area contributed by atoms with Crippen LogP contribution in [0.3, 0.4) is 0 Å². The van der Waals surface area contributed by atoms with Gasteiger partial charge in [0, 0.05) is 18.5 Å². The van der Waals surface area contributed by atoms with Gasteiger partial charge in [-0.2, -0.15) is 0 Å². The molecule has 112 valence electrons. The van der Waals surface area contributed by atoms with Crippen molar-refractivity contribution in [1.82, 2.24) is 0 Å². The minimum Gasteiger partial charge on any atom is -0.383 e. The summed E-state index contributed by atoms with van der Waals surface area (Å²) in [6.07, 6.45) is 0. The molecule has 0 heterocycles. The summed E-state index contributed by atoms with van der Waals surface area (Å²) < 4.78 is 5.59. The summed E-state index contributed by atoms with van der Waals surface area (Å²) in [5, 5.41) is 5.28. The molecule has 0 aromatic heterocycles. The molecule has 1 aromatic carbocycles. The molecule has 0 radical (unpaired) electrons. The zero-order valence-electron chi connectivity index (χ0n) is 11.1. The number of amides is 2. The summed E-state index contributed by atoms with van der Waals surface area (Å²) >= 11 is 3.30. The first-order chi connectivity index (χ1) is 8.93. The number of nitrogens with two attached hydrogens (primary N) is 1. The van der Waals surface area contributed by atoms with Crippen LogP contribution >= 0.6 is 28.3 Å². The SMILES string of the molecule is COCC(N)C(=O)Nc1cc(Br)ccc1NC(C)=O.Cl. The van der Waals surface area contributed by atoms with Crippen molar-refractivity contribution in [3.05, 3.63) is 22.7 Å². The fraction of sp³-hybridized carbons (Fsp3) is 0.333. The molecular weight excluding hydrogens is 350 g/mol. The van der Waals surface area contributed by atoms with Gasteiger partial charge in [0.2, 0.25) is 11.8 Å². The van der Waals surface area contributed by atoms with Gasteiger partial charge >= 0.3 is 0 Å². The lowest BCUT2D eigenvalue weighted by Crippen LogP contribution is -2.39. The highest BCUT2D eigenvalue weighted by molar-refractivity contribution is 9.10. The van der Waals surface area contributed by atoms with E-state index in [1.807, 2.05) is 0 Å². The van der Waals surface area contributed by atoms with Gasteiger partial charge in [-0.05, 0) is 18.2 Å². The van der Waals surface area contributed by atoms with Gasteiger partial charge in [0.15, 0.2) is 0 Å². The molecule has 0 spiro atoms. The number of anilines is 2. The molecule has 2 amide bonds. The first-order valence-corrected chi connectivity index (χ1v) is 6.36. The number of carbonyl (C=O) groups excluding carboxylic acids is 2. The molecule has 1 rings (SSSR count). The number of rotatable bonds is 5. The average Bonchev–Trinajstić information content (AvgIpc) is 2.32. The number of ether oxygens (including phenoxy) is 1. The van der Waals surface area contributed by atoms with Crippen molar-refractivity contribution in [3.63, 3.8) is 0 Å². The molecule has 4 N–H and O–H groups in total. The summed E-state index contributed by atoms with van der Waals surface area (Å²) in [7, 11) is 1.47. The minimum atomic E-state index is -0.769. The number of carbonyl (C=O) groups is 2. The predicted molar refractivity (Wildman–Crippen MR) is 84.2 cm³/mol. The Morgan fingerprint density at radius 3 is 2.55 bits per heavy atom. The number of methoxy groups -OCH3 is 1. The molecule has 0 bridgehead atoms. The fourth-order valence-electron chi connectivity index (χ4n) is 1.40. The molecule has 0 aliphatic carbocycles. The van der Waals surface area contributed by atoms with E-state index in [0.717, 1.165) is 4.47 Å². The van der Waals surface area contributed by atoms with Crippen LogP contribution in [-0.4, -0.2) is 31.6 Å². The van der Waals surface area contributed by atoms with Crippen molar-refractivity contribution < 1.29 is 14.3 Å². The lowest BCUT2D eigenvalue weighted by atomic mass is 10.2. The maximum atomic E-state index is 11.8. The van der Waals surface area contributed by atoms with Crippen LogP contribution in [0, 0.1) is 0 Å². The lowest BCUT2D eigenvalue weighted by Gasteiger charge is -2.15. The molecule has 1 unspecified atom stereocenters. The molecular formula is C12H17BrClN3O3. The molecule has 0 aliphatic heterocycles. The van der Waals surface area contributed by atoms with Crippen molar-refractivity contribution in [1.29, 1.82) is 0 Å². The second kappa shape index (κ2) is 8.91. The quantitative estimate of drug-likeness (QED) is 0.740. The zero-order chi connectivity index (χ0) is 14.4. The Morgan fingerprint density at radius 1 is 1.35 bits per heavy atom. The molecule has 20 heavy (non-hydrogen) atoms. The van der Waals surface area contributed by atoms with E-state index < -0.39 is 6.04 Å². The Balaban J connectivity index is 0.00000361. The Hall–Kier alpha value is -1.15. The van der Waals surface area contributed by atoms with Gasteiger partial charge in [-0.1, -0.05) is 15.9 Å². The molecule has 0 fully saturated rings. The third kappa shape index (κ3) is 5.87. The fourth-order valence-corrected chi connectivity index (χ4v) is 1.76. The highest BCUT2D eigenvalue weighted by Crippen LogP contribution is 2.26. The lowest BCUT2D eigenvalue weighted by molar-refractivity contribution is -0.118. The van der Waals surface area contributed by atoms with Crippen LogP contribution in [0.5, 0.6) is 0 Å². The third-order valence-corrected chi connectivity index (χ3v) is 2.73. The van der Waals surface area contributed by atoms with Gasteiger partial charge in [0.1, 0.15) is 6.04 Å². The summed E-state index contributed by atoms with van der Waals surface area (Å²) in [4.78, 5) is 22.9. The Kier molecular flexibility index (Phi) is 8.40. The van der Waals surface area contributed by atoms with Crippen LogP contribution in [0.1, 0.15) is 6.92 Å². The van der Waals surface area contributed by atoms with E-state index in [9.17, 15) is 9.59 Å². The summed E-state index contributed by atoms with van der Waals surface area (Å²) in [5.74, 6) is -0.606. The van der Waals surface area contributed by atoms with E-state index in [0.29, 0.717) is 11.4 Å². The molecule has 0 saturated carbocycles. The van der Waals surface area contributed by atoms with Crippen molar-refractivity contribution >= 4 is 51.5 Å². The number of nitrogens with one attached hydrogen (secondary N) is 2. The number of halogens is 2. The molecule has 1 aromatic rings. The van der Waals surface area contributed by atoms with E-state index in [1.54, 1.807) is 18.2 Å². The first-order valence-electron chi connectivity index (χ1n) is 5.56. The molecule has 8 heteroatoms. The highest BCUT2D eigenvalue weighted by Gasteiger charge is 2.15. The van der Waals surface area contributed by atoms with Crippen molar-refractivity contribution in [2.24, 2.45) is 5.73 Å². The first kappa shape index (κ1) is 18.9. The van der Waals surface area contributed by atoms with Gasteiger partial charge in [-0.15, -0.1) is 12.4 Å². The van der Waals surface area contributed by atoms with Crippen LogP contribution < -0.4 is 16.4 Å². The Bertz CT molecular complexity index is 485.